The van der Waals surface area contributed by atoms with Gasteiger partial charge in [-0.15, -0.1) is 0 Å². The number of ether oxygens (including phenoxy) is 1. The highest BCUT2D eigenvalue weighted by molar-refractivity contribution is 5.86. The number of likely N-dealkylation sites (tertiary alicyclic amines) is 1. The van der Waals surface area contributed by atoms with Crippen molar-refractivity contribution >= 4 is 23.2 Å². The van der Waals surface area contributed by atoms with Crippen LogP contribution < -0.4 is 5.32 Å². The van der Waals surface area contributed by atoms with Crippen molar-refractivity contribution in [3.63, 3.8) is 0 Å². The number of amides is 2. The lowest BCUT2D eigenvalue weighted by Gasteiger charge is -2.30. The van der Waals surface area contributed by atoms with Crippen molar-refractivity contribution in [1.29, 1.82) is 0 Å². The van der Waals surface area contributed by atoms with Crippen LogP contribution in [-0.4, -0.2) is 61.5 Å². The quantitative estimate of drug-likeness (QED) is 0.168. The number of nitrogens with one attached hydrogen (secondary N) is 3. The molecule has 1 spiro atoms. The fourth-order valence-corrected chi connectivity index (χ4v) is 8.55. The number of fused-ring (bicyclic) bond motifs is 2. The molecule has 2 amide bonds. The van der Waals surface area contributed by atoms with Crippen LogP contribution in [0.5, 0.6) is 0 Å². The van der Waals surface area contributed by atoms with E-state index in [9.17, 15) is 9.59 Å². The lowest BCUT2D eigenvalue weighted by atomic mass is 9.82. The first-order valence-electron chi connectivity index (χ1n) is 17.6. The van der Waals surface area contributed by atoms with Gasteiger partial charge in [-0.25, -0.2) is 19.7 Å². The number of nitrogens with zero attached hydrogens (tertiary/aromatic N) is 4. The summed E-state index contributed by atoms with van der Waals surface area (Å²) >= 11 is 0. The zero-order chi connectivity index (χ0) is 33.7. The molecule has 8 rings (SSSR count). The molecular weight excluding hydrogens is 614 g/mol. The van der Waals surface area contributed by atoms with Crippen LogP contribution in [0.3, 0.4) is 0 Å². The number of hydrogen-bond acceptors (Lipinski definition) is 6. The van der Waals surface area contributed by atoms with Crippen LogP contribution in [0.25, 0.3) is 44.8 Å². The third-order valence-electron chi connectivity index (χ3n) is 11.1. The van der Waals surface area contributed by atoms with Gasteiger partial charge in [0.15, 0.2) is 5.65 Å². The molecular formula is C39H43N7O3. The molecule has 49 heavy (non-hydrogen) atoms. The SMILES string of the molecule is COC(=O)N[C@H](C(=O)N1CCC[C@H]1c1ncc(-c2ccc(-c3ccc(-c4ccc5[nH]cnc5n4)c4c3CC3(CCCC3)C4)cc2)[nH]1)C(C)C. The number of aromatic amines is 2. The predicted octanol–water partition coefficient (Wildman–Crippen LogP) is 7.39. The predicted molar refractivity (Wildman–Crippen MR) is 189 cm³/mol. The van der Waals surface area contributed by atoms with E-state index in [4.69, 9.17) is 14.7 Å². The van der Waals surface area contributed by atoms with Crippen LogP contribution in [0.2, 0.25) is 0 Å². The van der Waals surface area contributed by atoms with Crippen molar-refractivity contribution < 1.29 is 14.3 Å². The summed E-state index contributed by atoms with van der Waals surface area (Å²) in [4.78, 5) is 48.1. The molecule has 2 atom stereocenters. The standard InChI is InChI=1S/C39H43N7O3/c1-23(2)34(45-38(48)49-3)37(47)46-18-6-7-33(46)36-40-21-32(44-36)25-10-8-24(9-11-25)26-12-13-27(30-14-15-31-35(43-30)42-22-41-31)29-20-39(19-28(26)29)16-4-5-17-39/h8-15,21-23,33-34H,4-7,16-20H2,1-3H3,(H,40,44)(H,45,48)(H,41,42,43)/t33-,34-/m0/s1. The van der Waals surface area contributed by atoms with E-state index in [1.807, 2.05) is 24.9 Å². The molecule has 10 heteroatoms. The minimum atomic E-state index is -0.662. The molecule has 10 nitrogen and oxygen atoms in total. The molecule has 3 aromatic heterocycles. The topological polar surface area (TPSA) is 129 Å². The highest BCUT2D eigenvalue weighted by atomic mass is 16.5. The van der Waals surface area contributed by atoms with Crippen LogP contribution in [0.1, 0.15) is 75.4 Å². The van der Waals surface area contributed by atoms with Crippen molar-refractivity contribution in [2.45, 2.75) is 77.3 Å². The number of benzene rings is 2. The number of hydrogen-bond donors (Lipinski definition) is 3. The summed E-state index contributed by atoms with van der Waals surface area (Å²) in [5, 5.41) is 2.72. The van der Waals surface area contributed by atoms with Crippen molar-refractivity contribution in [2.24, 2.45) is 11.3 Å². The Balaban J connectivity index is 1.06. The van der Waals surface area contributed by atoms with E-state index in [1.54, 1.807) is 6.33 Å². The fraction of sp³-hybridized carbons (Fsp3) is 0.410. The van der Waals surface area contributed by atoms with Crippen molar-refractivity contribution in [2.75, 3.05) is 13.7 Å². The lowest BCUT2D eigenvalue weighted by molar-refractivity contribution is -0.135. The fourth-order valence-electron chi connectivity index (χ4n) is 8.55. The molecule has 1 aliphatic heterocycles. The first kappa shape index (κ1) is 31.3. The average Bonchev–Trinajstić information content (AvgIpc) is 3.96. The maximum atomic E-state index is 13.6. The first-order valence-corrected chi connectivity index (χ1v) is 17.6. The minimum absolute atomic E-state index is 0.0810. The second-order valence-corrected chi connectivity index (χ2v) is 14.5. The number of pyridine rings is 1. The van der Waals surface area contributed by atoms with Gasteiger partial charge in [0, 0.05) is 12.1 Å². The zero-order valence-corrected chi connectivity index (χ0v) is 28.4. The van der Waals surface area contributed by atoms with Crippen molar-refractivity contribution in [3.8, 4) is 33.6 Å². The Labute approximate surface area is 286 Å². The number of H-pyrrole nitrogens is 2. The van der Waals surface area contributed by atoms with E-state index in [0.29, 0.717) is 12.0 Å². The van der Waals surface area contributed by atoms with E-state index >= 15 is 0 Å². The van der Waals surface area contributed by atoms with Gasteiger partial charge < -0.3 is 24.9 Å². The largest absolute Gasteiger partial charge is 0.453 e. The van der Waals surface area contributed by atoms with Crippen molar-refractivity contribution in [3.05, 3.63) is 78.0 Å². The second-order valence-electron chi connectivity index (χ2n) is 14.5. The highest BCUT2D eigenvalue weighted by Gasteiger charge is 2.42. The van der Waals surface area contributed by atoms with Gasteiger partial charge in [-0.3, -0.25) is 4.79 Å². The molecule has 2 aliphatic carbocycles. The van der Waals surface area contributed by atoms with Gasteiger partial charge in [0.25, 0.3) is 0 Å². The summed E-state index contributed by atoms with van der Waals surface area (Å²) in [7, 11) is 1.31. The monoisotopic (exact) mass is 657 g/mol. The summed E-state index contributed by atoms with van der Waals surface area (Å²) < 4.78 is 4.78. The van der Waals surface area contributed by atoms with Crippen LogP contribution in [-0.2, 0) is 22.4 Å². The normalized spacial score (nSPS) is 18.8. The third kappa shape index (κ3) is 5.66. The molecule has 0 radical (unpaired) electrons. The number of aromatic nitrogens is 5. The number of methoxy groups -OCH3 is 1. The molecule has 1 saturated carbocycles. The van der Waals surface area contributed by atoms with E-state index in [1.165, 1.54) is 60.6 Å². The Kier molecular flexibility index (Phi) is 7.96. The van der Waals surface area contributed by atoms with Crippen LogP contribution in [0.15, 0.2) is 61.1 Å². The highest BCUT2D eigenvalue weighted by Crippen LogP contribution is 2.53. The molecule has 0 unspecified atom stereocenters. The Morgan fingerprint density at radius 2 is 1.67 bits per heavy atom. The van der Waals surface area contributed by atoms with Gasteiger partial charge in [-0.2, -0.15) is 0 Å². The average molecular weight is 658 g/mol. The van der Waals surface area contributed by atoms with Gasteiger partial charge in [0.1, 0.15) is 11.9 Å². The maximum Gasteiger partial charge on any atom is 0.407 e. The smallest absolute Gasteiger partial charge is 0.407 e. The van der Waals surface area contributed by atoms with Crippen molar-refractivity contribution in [1.82, 2.24) is 35.1 Å². The Bertz CT molecular complexity index is 2020. The molecule has 3 N–H and O–H groups in total. The number of carbonyl (C=O) groups is 2. The summed E-state index contributed by atoms with van der Waals surface area (Å²) in [6.07, 6.45) is 12.1. The molecule has 5 aromatic rings. The minimum Gasteiger partial charge on any atom is -0.453 e. The summed E-state index contributed by atoms with van der Waals surface area (Å²) in [5.74, 6) is 0.575. The zero-order valence-electron chi connectivity index (χ0n) is 28.4. The van der Waals surface area contributed by atoms with E-state index in [-0.39, 0.29) is 17.9 Å². The van der Waals surface area contributed by atoms with Gasteiger partial charge in [0.05, 0.1) is 42.6 Å². The van der Waals surface area contributed by atoms with Gasteiger partial charge >= 0.3 is 6.09 Å². The summed E-state index contributed by atoms with van der Waals surface area (Å²) in [6, 6.07) is 16.7. The molecule has 2 aromatic carbocycles. The maximum absolute atomic E-state index is 13.6. The Morgan fingerprint density at radius 3 is 2.43 bits per heavy atom. The van der Waals surface area contributed by atoms with Gasteiger partial charge in [0.2, 0.25) is 5.91 Å². The summed E-state index contributed by atoms with van der Waals surface area (Å²) in [6.45, 7) is 4.47. The second kappa shape index (κ2) is 12.5. The van der Waals surface area contributed by atoms with Crippen LogP contribution >= 0.6 is 0 Å². The summed E-state index contributed by atoms with van der Waals surface area (Å²) in [5.41, 5.74) is 11.7. The molecule has 252 valence electrons. The van der Waals surface area contributed by atoms with E-state index < -0.39 is 12.1 Å². The first-order chi connectivity index (χ1) is 23.8. The third-order valence-corrected chi connectivity index (χ3v) is 11.1. The molecule has 1 saturated heterocycles. The van der Waals surface area contributed by atoms with Crippen LogP contribution in [0.4, 0.5) is 4.79 Å². The Hall–Kier alpha value is -4.99. The van der Waals surface area contributed by atoms with Crippen LogP contribution in [0, 0.1) is 11.3 Å². The number of alkyl carbamates (subject to hydrolysis) is 1. The lowest BCUT2D eigenvalue weighted by Crippen LogP contribution is -2.51. The number of carbonyl (C=O) groups excluding carboxylic acids is 2. The van der Waals surface area contributed by atoms with Gasteiger partial charge in [-0.1, -0.05) is 63.1 Å². The molecule has 3 aliphatic rings. The van der Waals surface area contributed by atoms with E-state index in [0.717, 1.165) is 59.6 Å². The van der Waals surface area contributed by atoms with Gasteiger partial charge in [-0.05, 0) is 89.8 Å². The van der Waals surface area contributed by atoms with E-state index in [2.05, 4.69) is 68.8 Å². The number of imidazole rings is 2. The molecule has 2 fully saturated rings. The molecule has 0 bridgehead atoms. The Morgan fingerprint density at radius 1 is 0.939 bits per heavy atom. The molecule has 4 heterocycles. The number of rotatable bonds is 7.